The molecule has 83 heavy (non-hydrogen) atoms. The molecule has 0 aliphatic heterocycles. The predicted molar refractivity (Wildman–Crippen MR) is 352 cm³/mol. The van der Waals surface area contributed by atoms with Crippen molar-refractivity contribution < 1.29 is 8.83 Å². The highest BCUT2D eigenvalue weighted by Crippen LogP contribution is 2.58. The summed E-state index contributed by atoms with van der Waals surface area (Å²) in [6.07, 6.45) is 0. The van der Waals surface area contributed by atoms with E-state index < -0.39 is 0 Å². The number of fused-ring (bicyclic) bond motifs is 19. The standard InChI is InChI=1S/C42H33NOS.C36H29NO/c1-41(2)35-16-10-8-14-29(35)31-20-21-32-33-24-27(18-22-36(33)44-40(32)39(31)42(41,3)4)43(26-12-6-5-7-13-26)28-19-23-38-34(25-28)30-15-9-11-17-37(30)45-38;1-35(2)29-14-8-5-11-23(29)26-20-28-27-19-22(17-18-33(27)38-34(28)21-30(26)36(35,3)4)37-31-15-9-6-12-24(31)25-13-7-10-16-32(25)37/h5-25H,1-4H3;5-21H,1-4H3. The molecule has 17 rings (SSSR count). The number of para-hydroxylation sites is 3. The van der Waals surface area contributed by atoms with Gasteiger partial charge in [-0.25, -0.2) is 0 Å². The molecule has 4 heterocycles. The van der Waals surface area contributed by atoms with Gasteiger partial charge in [0.25, 0.3) is 0 Å². The fraction of sp³-hybridized carbons (Fsp3) is 0.154. The number of hydrogen-bond acceptors (Lipinski definition) is 4. The van der Waals surface area contributed by atoms with Gasteiger partial charge in [-0.05, 0) is 158 Å². The van der Waals surface area contributed by atoms with Gasteiger partial charge >= 0.3 is 0 Å². The first-order valence-corrected chi connectivity index (χ1v) is 30.0. The number of thiophene rings is 1. The molecule has 0 saturated heterocycles. The first kappa shape index (κ1) is 49.6. The van der Waals surface area contributed by atoms with Crippen molar-refractivity contribution in [3.05, 3.63) is 253 Å². The fourth-order valence-electron chi connectivity index (χ4n) is 14.4. The van der Waals surface area contributed by atoms with E-state index in [2.05, 4.69) is 295 Å². The lowest BCUT2D eigenvalue weighted by Gasteiger charge is -2.48. The van der Waals surface area contributed by atoms with E-state index in [-0.39, 0.29) is 21.7 Å². The van der Waals surface area contributed by atoms with Crippen LogP contribution in [0.2, 0.25) is 0 Å². The molecule has 0 fully saturated rings. The molecule has 2 aliphatic rings. The molecular weight excluding hydrogens is 1030 g/mol. The van der Waals surface area contributed by atoms with Crippen molar-refractivity contribution >= 4 is 114 Å². The summed E-state index contributed by atoms with van der Waals surface area (Å²) in [7, 11) is 0. The van der Waals surface area contributed by atoms with Gasteiger partial charge in [0.1, 0.15) is 22.3 Å². The molecule has 4 aromatic heterocycles. The molecule has 0 amide bonds. The van der Waals surface area contributed by atoms with Crippen LogP contribution >= 0.6 is 11.3 Å². The lowest BCUT2D eigenvalue weighted by atomic mass is 9.55. The summed E-state index contributed by atoms with van der Waals surface area (Å²) in [6.45, 7) is 19.0. The fourth-order valence-corrected chi connectivity index (χ4v) is 15.5. The minimum absolute atomic E-state index is 0.00000956. The van der Waals surface area contributed by atoms with Crippen LogP contribution in [0.3, 0.4) is 0 Å². The van der Waals surface area contributed by atoms with E-state index in [1.165, 1.54) is 97.3 Å². The summed E-state index contributed by atoms with van der Waals surface area (Å²) in [6, 6.07) is 83.9. The van der Waals surface area contributed by atoms with Crippen molar-refractivity contribution in [3.63, 3.8) is 0 Å². The summed E-state index contributed by atoms with van der Waals surface area (Å²) in [5.41, 5.74) is 21.2. The number of benzene rings is 11. The van der Waals surface area contributed by atoms with E-state index in [1.807, 2.05) is 11.3 Å². The number of nitrogens with zero attached hydrogens (tertiary/aromatic N) is 2. The molecule has 402 valence electrons. The van der Waals surface area contributed by atoms with Crippen LogP contribution < -0.4 is 4.90 Å². The second kappa shape index (κ2) is 17.7. The molecule has 11 aromatic carbocycles. The third kappa shape index (κ3) is 7.04. The maximum Gasteiger partial charge on any atom is 0.139 e. The summed E-state index contributed by atoms with van der Waals surface area (Å²) < 4.78 is 18.3. The van der Waals surface area contributed by atoms with Crippen molar-refractivity contribution in [1.82, 2.24) is 4.57 Å². The lowest BCUT2D eigenvalue weighted by molar-refractivity contribution is 0.299. The Labute approximate surface area is 487 Å². The van der Waals surface area contributed by atoms with E-state index in [9.17, 15) is 0 Å². The molecule has 0 N–H and O–H groups in total. The maximum atomic E-state index is 6.82. The zero-order chi connectivity index (χ0) is 56.3. The quantitative estimate of drug-likeness (QED) is 0.176. The van der Waals surface area contributed by atoms with Crippen molar-refractivity contribution in [3.8, 4) is 27.9 Å². The van der Waals surface area contributed by atoms with E-state index in [1.54, 1.807) is 0 Å². The zero-order valence-electron chi connectivity index (χ0n) is 48.1. The molecule has 0 saturated carbocycles. The predicted octanol–water partition coefficient (Wildman–Crippen LogP) is 22.6. The molecular formula is C78H62N2O2S. The Kier molecular flexibility index (Phi) is 10.6. The third-order valence-electron chi connectivity index (χ3n) is 20.1. The van der Waals surface area contributed by atoms with Crippen LogP contribution in [-0.2, 0) is 21.7 Å². The van der Waals surface area contributed by atoms with Gasteiger partial charge in [-0.1, -0.05) is 183 Å². The topological polar surface area (TPSA) is 34.5 Å². The molecule has 0 radical (unpaired) electrons. The Morgan fingerprint density at radius 3 is 1.58 bits per heavy atom. The zero-order valence-corrected chi connectivity index (χ0v) is 48.9. The summed E-state index contributed by atoms with van der Waals surface area (Å²) in [5, 5.41) is 9.78. The molecule has 0 unspecified atom stereocenters. The van der Waals surface area contributed by atoms with Crippen molar-refractivity contribution in [2.24, 2.45) is 0 Å². The van der Waals surface area contributed by atoms with Crippen LogP contribution in [0, 0.1) is 0 Å². The molecule has 0 atom stereocenters. The van der Waals surface area contributed by atoms with Crippen molar-refractivity contribution in [2.75, 3.05) is 4.90 Å². The van der Waals surface area contributed by atoms with Gasteiger partial charge in [0.05, 0.1) is 11.0 Å². The number of furan rings is 2. The highest BCUT2D eigenvalue weighted by atomic mass is 32.1. The summed E-state index contributed by atoms with van der Waals surface area (Å²) in [4.78, 5) is 2.37. The molecule has 15 aromatic rings. The first-order valence-electron chi connectivity index (χ1n) is 29.1. The third-order valence-corrected chi connectivity index (χ3v) is 21.3. The van der Waals surface area contributed by atoms with E-state index in [0.29, 0.717) is 0 Å². The van der Waals surface area contributed by atoms with Crippen LogP contribution in [0.4, 0.5) is 17.1 Å². The lowest BCUT2D eigenvalue weighted by Crippen LogP contribution is -2.43. The largest absolute Gasteiger partial charge is 0.456 e. The van der Waals surface area contributed by atoms with Crippen LogP contribution in [-0.4, -0.2) is 4.57 Å². The average Bonchev–Trinajstić information content (AvgIpc) is 2.75. The Morgan fingerprint density at radius 1 is 0.325 bits per heavy atom. The van der Waals surface area contributed by atoms with Crippen LogP contribution in [0.15, 0.2) is 239 Å². The van der Waals surface area contributed by atoms with Crippen LogP contribution in [0.5, 0.6) is 0 Å². The van der Waals surface area contributed by atoms with E-state index in [4.69, 9.17) is 8.83 Å². The number of rotatable bonds is 4. The Morgan fingerprint density at radius 2 is 0.855 bits per heavy atom. The smallest absolute Gasteiger partial charge is 0.139 e. The van der Waals surface area contributed by atoms with E-state index in [0.717, 1.165) is 55.9 Å². The van der Waals surface area contributed by atoms with Gasteiger partial charge in [0.2, 0.25) is 0 Å². The van der Waals surface area contributed by atoms with E-state index >= 15 is 0 Å². The molecule has 4 nitrogen and oxygen atoms in total. The van der Waals surface area contributed by atoms with Gasteiger partial charge in [0, 0.05) is 86.2 Å². The van der Waals surface area contributed by atoms with Gasteiger partial charge in [0.15, 0.2) is 0 Å². The second-order valence-electron chi connectivity index (χ2n) is 25.2. The SMILES string of the molecule is CC1(C)c2ccccc2-c2cc3c(cc2C1(C)C)oc1ccc(-n2c4ccccc4c4ccccc42)cc13.CC1(C)c2ccccc2-c2ccc3c(oc4ccc(N(c5ccccc5)c5ccc6sc7ccccc7c6c5)cc43)c2C1(C)C. The Balaban J connectivity index is 0.000000138. The molecule has 5 heteroatoms. The van der Waals surface area contributed by atoms with Gasteiger partial charge < -0.3 is 18.3 Å². The van der Waals surface area contributed by atoms with Gasteiger partial charge in [-0.15, -0.1) is 11.3 Å². The average molecular weight is 1090 g/mol. The summed E-state index contributed by atoms with van der Waals surface area (Å²) >= 11 is 1.85. The molecule has 2 aliphatic carbocycles. The number of aromatic nitrogens is 1. The highest BCUT2D eigenvalue weighted by molar-refractivity contribution is 7.25. The van der Waals surface area contributed by atoms with Crippen molar-refractivity contribution in [2.45, 2.75) is 77.0 Å². The van der Waals surface area contributed by atoms with Gasteiger partial charge in [-0.2, -0.15) is 0 Å². The monoisotopic (exact) mass is 1090 g/mol. The van der Waals surface area contributed by atoms with Crippen molar-refractivity contribution in [1.29, 1.82) is 0 Å². The van der Waals surface area contributed by atoms with Crippen LogP contribution in [0.1, 0.15) is 77.6 Å². The first-order chi connectivity index (χ1) is 40.2. The number of anilines is 3. The minimum atomic E-state index is -0.137. The second-order valence-corrected chi connectivity index (χ2v) is 26.3. The Hall–Kier alpha value is -9.16. The van der Waals surface area contributed by atoms with Crippen LogP contribution in [0.25, 0.3) is 114 Å². The Bertz CT molecular complexity index is 5120. The molecule has 0 spiro atoms. The summed E-state index contributed by atoms with van der Waals surface area (Å²) in [5.74, 6) is 0. The molecule has 0 bridgehead atoms. The maximum absolute atomic E-state index is 6.82. The normalized spacial score (nSPS) is 15.4. The number of hydrogen-bond donors (Lipinski definition) is 0. The highest BCUT2D eigenvalue weighted by Gasteiger charge is 2.48. The minimum Gasteiger partial charge on any atom is -0.456 e. The van der Waals surface area contributed by atoms with Gasteiger partial charge in [-0.3, -0.25) is 0 Å².